The number of hydrogen-bond donors (Lipinski definition) is 1. The van der Waals surface area contributed by atoms with Gasteiger partial charge < -0.3 is 10.2 Å². The minimum atomic E-state index is -3.62. The molecule has 0 atom stereocenters. The molecule has 4 rings (SSSR count). The van der Waals surface area contributed by atoms with Crippen LogP contribution in [-0.4, -0.2) is 44.2 Å². The van der Waals surface area contributed by atoms with Crippen molar-refractivity contribution in [3.63, 3.8) is 0 Å². The smallest absolute Gasteiger partial charge is 0.244 e. The molecule has 1 fully saturated rings. The molecule has 0 bridgehead atoms. The van der Waals surface area contributed by atoms with Crippen LogP contribution in [0.4, 0.5) is 11.4 Å². The van der Waals surface area contributed by atoms with E-state index in [1.165, 1.54) is 9.21 Å². The number of anilines is 2. The zero-order valence-electron chi connectivity index (χ0n) is 19.6. The quantitative estimate of drug-likeness (QED) is 0.723. The average Bonchev–Trinajstić information content (AvgIpc) is 2.98. The Balaban J connectivity index is 1.61. The number of aryl methyl sites for hydroxylation is 1. The Morgan fingerprint density at radius 3 is 2.45 bits per heavy atom. The standard InChI is InChI=1S/C25H31N3O4S/c1-17-9-8-10-21(18(17)2)26-23(29)16-28-22-12-11-19(15-20(22)25(3,4)24(28)30)33(31,32)27-13-6-5-7-14-27/h8-12,15H,5-7,13-14,16H2,1-4H3,(H,26,29). The summed E-state index contributed by atoms with van der Waals surface area (Å²) in [7, 11) is -3.62. The second-order valence-electron chi connectivity index (χ2n) is 9.46. The van der Waals surface area contributed by atoms with E-state index in [-0.39, 0.29) is 23.3 Å². The van der Waals surface area contributed by atoms with Crippen LogP contribution in [0.25, 0.3) is 0 Å². The molecule has 2 aromatic rings. The SMILES string of the molecule is Cc1cccc(NC(=O)CN2C(=O)C(C)(C)c3cc(S(=O)(=O)N4CCCCC4)ccc32)c1C. The van der Waals surface area contributed by atoms with E-state index in [4.69, 9.17) is 0 Å². The summed E-state index contributed by atoms with van der Waals surface area (Å²) in [5, 5.41) is 2.90. The van der Waals surface area contributed by atoms with Crippen LogP contribution in [-0.2, 0) is 25.0 Å². The molecule has 0 aromatic heterocycles. The Hall–Kier alpha value is -2.71. The molecule has 33 heavy (non-hydrogen) atoms. The molecule has 8 heteroatoms. The van der Waals surface area contributed by atoms with Crippen LogP contribution in [0.3, 0.4) is 0 Å². The van der Waals surface area contributed by atoms with Gasteiger partial charge in [-0.3, -0.25) is 9.59 Å². The number of carbonyl (C=O) groups is 2. The highest BCUT2D eigenvalue weighted by Crippen LogP contribution is 2.43. The van der Waals surface area contributed by atoms with Gasteiger partial charge in [0.05, 0.1) is 10.3 Å². The van der Waals surface area contributed by atoms with Crippen LogP contribution >= 0.6 is 0 Å². The lowest BCUT2D eigenvalue weighted by Gasteiger charge is -2.26. The second kappa shape index (κ2) is 8.57. The molecular weight excluding hydrogens is 438 g/mol. The van der Waals surface area contributed by atoms with E-state index in [9.17, 15) is 18.0 Å². The third-order valence-corrected chi connectivity index (χ3v) is 8.74. The van der Waals surface area contributed by atoms with Crippen LogP contribution in [0.5, 0.6) is 0 Å². The van der Waals surface area contributed by atoms with Crippen molar-refractivity contribution in [2.45, 2.75) is 57.3 Å². The van der Waals surface area contributed by atoms with Gasteiger partial charge in [0.1, 0.15) is 6.54 Å². The van der Waals surface area contributed by atoms with Gasteiger partial charge in [0.25, 0.3) is 0 Å². The Morgan fingerprint density at radius 2 is 1.76 bits per heavy atom. The summed E-state index contributed by atoms with van der Waals surface area (Å²) in [5.41, 5.74) is 3.05. The molecule has 2 aliphatic rings. The molecule has 2 aromatic carbocycles. The zero-order chi connectivity index (χ0) is 24.0. The summed E-state index contributed by atoms with van der Waals surface area (Å²) in [5.74, 6) is -0.521. The number of piperidine rings is 1. The largest absolute Gasteiger partial charge is 0.324 e. The number of carbonyl (C=O) groups excluding carboxylic acids is 2. The number of hydrogen-bond acceptors (Lipinski definition) is 4. The summed E-state index contributed by atoms with van der Waals surface area (Å²) in [6.07, 6.45) is 2.76. The average molecular weight is 470 g/mol. The first-order valence-electron chi connectivity index (χ1n) is 11.4. The van der Waals surface area contributed by atoms with Crippen molar-refractivity contribution in [2.75, 3.05) is 29.9 Å². The van der Waals surface area contributed by atoms with E-state index in [1.54, 1.807) is 32.0 Å². The maximum atomic E-state index is 13.2. The highest BCUT2D eigenvalue weighted by atomic mass is 32.2. The van der Waals surface area contributed by atoms with Crippen LogP contribution in [0.15, 0.2) is 41.3 Å². The topological polar surface area (TPSA) is 86.8 Å². The van der Waals surface area contributed by atoms with E-state index in [0.717, 1.165) is 30.4 Å². The number of fused-ring (bicyclic) bond motifs is 1. The molecule has 0 radical (unpaired) electrons. The fraction of sp³-hybridized carbons (Fsp3) is 0.440. The van der Waals surface area contributed by atoms with Crippen molar-refractivity contribution >= 4 is 33.2 Å². The monoisotopic (exact) mass is 469 g/mol. The third kappa shape index (κ3) is 4.17. The van der Waals surface area contributed by atoms with Gasteiger partial charge in [0.2, 0.25) is 21.8 Å². The first kappa shape index (κ1) is 23.4. The van der Waals surface area contributed by atoms with Crippen LogP contribution < -0.4 is 10.2 Å². The van der Waals surface area contributed by atoms with Gasteiger partial charge in [-0.05, 0) is 81.5 Å². The molecule has 0 unspecified atom stereocenters. The summed E-state index contributed by atoms with van der Waals surface area (Å²) in [6, 6.07) is 10.5. The summed E-state index contributed by atoms with van der Waals surface area (Å²) >= 11 is 0. The number of nitrogens with one attached hydrogen (secondary N) is 1. The highest BCUT2D eigenvalue weighted by Gasteiger charge is 2.45. The molecular formula is C25H31N3O4S. The summed E-state index contributed by atoms with van der Waals surface area (Å²) in [6.45, 7) is 8.36. The van der Waals surface area contributed by atoms with Crippen LogP contribution in [0.2, 0.25) is 0 Å². The molecule has 0 saturated carbocycles. The second-order valence-corrected chi connectivity index (χ2v) is 11.4. The number of nitrogens with zero attached hydrogens (tertiary/aromatic N) is 2. The Morgan fingerprint density at radius 1 is 1.06 bits per heavy atom. The lowest BCUT2D eigenvalue weighted by atomic mass is 9.86. The van der Waals surface area contributed by atoms with Crippen molar-refractivity contribution in [1.29, 1.82) is 0 Å². The van der Waals surface area contributed by atoms with E-state index in [1.807, 2.05) is 32.0 Å². The minimum absolute atomic E-state index is 0.138. The Bertz CT molecular complexity index is 1210. The first-order chi connectivity index (χ1) is 15.5. The fourth-order valence-corrected chi connectivity index (χ4v) is 6.15. The number of amides is 2. The molecule has 0 spiro atoms. The van der Waals surface area contributed by atoms with Gasteiger partial charge in [0.15, 0.2) is 0 Å². The van der Waals surface area contributed by atoms with Crippen molar-refractivity contribution in [3.05, 3.63) is 53.1 Å². The Kier molecular flexibility index (Phi) is 6.09. The van der Waals surface area contributed by atoms with Crippen molar-refractivity contribution in [2.24, 2.45) is 0 Å². The van der Waals surface area contributed by atoms with Crippen molar-refractivity contribution in [3.8, 4) is 0 Å². The normalized spacial score (nSPS) is 18.3. The predicted octanol–water partition coefficient (Wildman–Crippen LogP) is 3.74. The van der Waals surface area contributed by atoms with Crippen molar-refractivity contribution in [1.82, 2.24) is 4.31 Å². The zero-order valence-corrected chi connectivity index (χ0v) is 20.5. The first-order valence-corrected chi connectivity index (χ1v) is 12.8. The van der Waals surface area contributed by atoms with Gasteiger partial charge >= 0.3 is 0 Å². The highest BCUT2D eigenvalue weighted by molar-refractivity contribution is 7.89. The number of benzene rings is 2. The minimum Gasteiger partial charge on any atom is -0.324 e. The summed E-state index contributed by atoms with van der Waals surface area (Å²) in [4.78, 5) is 27.7. The molecule has 0 aliphatic carbocycles. The van der Waals surface area contributed by atoms with Crippen LogP contribution in [0, 0.1) is 13.8 Å². The van der Waals surface area contributed by atoms with Crippen LogP contribution in [0.1, 0.15) is 49.8 Å². The molecule has 2 aliphatic heterocycles. The molecule has 7 nitrogen and oxygen atoms in total. The van der Waals surface area contributed by atoms with Gasteiger partial charge in [-0.15, -0.1) is 0 Å². The van der Waals surface area contributed by atoms with Gasteiger partial charge in [0, 0.05) is 24.5 Å². The maximum absolute atomic E-state index is 13.2. The van der Waals surface area contributed by atoms with Crippen molar-refractivity contribution < 1.29 is 18.0 Å². The Labute approximate surface area is 195 Å². The third-order valence-electron chi connectivity index (χ3n) is 6.85. The van der Waals surface area contributed by atoms with Gasteiger partial charge in [-0.1, -0.05) is 18.6 Å². The maximum Gasteiger partial charge on any atom is 0.244 e. The molecule has 1 saturated heterocycles. The molecule has 176 valence electrons. The molecule has 1 N–H and O–H groups in total. The van der Waals surface area contributed by atoms with E-state index in [0.29, 0.717) is 30.0 Å². The van der Waals surface area contributed by atoms with Gasteiger partial charge in [-0.25, -0.2) is 8.42 Å². The van der Waals surface area contributed by atoms with E-state index in [2.05, 4.69) is 5.32 Å². The fourth-order valence-electron chi connectivity index (χ4n) is 4.60. The van der Waals surface area contributed by atoms with E-state index < -0.39 is 15.4 Å². The van der Waals surface area contributed by atoms with E-state index >= 15 is 0 Å². The molecule has 2 amide bonds. The van der Waals surface area contributed by atoms with Gasteiger partial charge in [-0.2, -0.15) is 4.31 Å². The number of sulfonamides is 1. The lowest BCUT2D eigenvalue weighted by molar-refractivity contribution is -0.124. The molecule has 2 heterocycles. The lowest BCUT2D eigenvalue weighted by Crippen LogP contribution is -2.40. The predicted molar refractivity (Wildman–Crippen MR) is 129 cm³/mol. The number of rotatable bonds is 5. The summed E-state index contributed by atoms with van der Waals surface area (Å²) < 4.78 is 27.9.